The Morgan fingerprint density at radius 2 is 1.00 bits per heavy atom. The van der Waals surface area contributed by atoms with E-state index >= 15 is 0 Å². The molecule has 0 unspecified atom stereocenters. The second-order valence-electron chi connectivity index (χ2n) is 4.21. The van der Waals surface area contributed by atoms with E-state index in [2.05, 4.69) is 62.0 Å². The van der Waals surface area contributed by atoms with E-state index < -0.39 is 8.56 Å². The molecule has 15 heavy (non-hydrogen) atoms. The highest BCUT2D eigenvalue weighted by Gasteiger charge is 2.41. The van der Waals surface area contributed by atoms with E-state index in [1.165, 1.54) is 0 Å². The summed E-state index contributed by atoms with van der Waals surface area (Å²) in [4.78, 5) is 0. The van der Waals surface area contributed by atoms with Crippen molar-refractivity contribution >= 4 is 8.56 Å². The summed E-state index contributed by atoms with van der Waals surface area (Å²) < 4.78 is 7.73. The first kappa shape index (κ1) is 15.1. The van der Waals surface area contributed by atoms with Crippen LogP contribution in [0.1, 0.15) is 27.7 Å². The zero-order valence-electron chi connectivity index (χ0n) is 11.7. The van der Waals surface area contributed by atoms with E-state index in [1.807, 2.05) is 0 Å². The third-order valence-corrected chi connectivity index (χ3v) is 8.93. The predicted molar refractivity (Wildman–Crippen MR) is 71.1 cm³/mol. The molecule has 0 amide bonds. The van der Waals surface area contributed by atoms with Crippen molar-refractivity contribution in [2.75, 3.05) is 40.3 Å². The topological polar surface area (TPSA) is 9.72 Å². The minimum atomic E-state index is -1.59. The van der Waals surface area contributed by atoms with Gasteiger partial charge in [0, 0.05) is 0 Å². The van der Waals surface area contributed by atoms with Gasteiger partial charge in [0.15, 0.2) is 0 Å². The number of hydrogen-bond donors (Lipinski definition) is 0. The number of rotatable bonds is 7. The molecule has 0 bridgehead atoms. The molecule has 0 fully saturated rings. The van der Waals surface area contributed by atoms with Gasteiger partial charge < -0.3 is 13.7 Å². The Balaban J connectivity index is 5.01. The van der Waals surface area contributed by atoms with Gasteiger partial charge in [-0.3, -0.25) is 0 Å². The molecule has 0 spiro atoms. The Bertz CT molecular complexity index is 153. The molecule has 0 atom stereocenters. The fourth-order valence-electron chi connectivity index (χ4n) is 2.41. The fourth-order valence-corrected chi connectivity index (χ4v) is 6.34. The summed E-state index contributed by atoms with van der Waals surface area (Å²) in [6.07, 6.45) is 0. The summed E-state index contributed by atoms with van der Waals surface area (Å²) in [5.74, 6) is 0. The Morgan fingerprint density at radius 3 is 1.13 bits per heavy atom. The van der Waals surface area contributed by atoms with Gasteiger partial charge in [0.05, 0.1) is 0 Å². The van der Waals surface area contributed by atoms with E-state index in [4.69, 9.17) is 0 Å². The first-order valence-corrected chi connectivity index (χ1v) is 8.50. The van der Waals surface area contributed by atoms with Crippen LogP contribution >= 0.6 is 0 Å². The maximum Gasteiger partial charge on any atom is 0.285 e. The van der Waals surface area contributed by atoms with Crippen molar-refractivity contribution in [3.05, 3.63) is 0 Å². The summed E-state index contributed by atoms with van der Waals surface area (Å²) in [6, 6.07) is 0. The summed E-state index contributed by atoms with van der Waals surface area (Å²) in [7, 11) is 2.86. The van der Waals surface area contributed by atoms with Gasteiger partial charge in [-0.2, -0.15) is 0 Å². The summed E-state index contributed by atoms with van der Waals surface area (Å²) in [5, 5.41) is 0. The third kappa shape index (κ3) is 3.03. The predicted octanol–water partition coefficient (Wildman–Crippen LogP) is 1.80. The average Bonchev–Trinajstić information content (AvgIpc) is 2.21. The van der Waals surface area contributed by atoms with E-state index in [-0.39, 0.29) is 0 Å². The molecule has 3 nitrogen and oxygen atoms in total. The molecule has 0 aliphatic heterocycles. The number of hydrogen-bond acceptors (Lipinski definition) is 3. The van der Waals surface area contributed by atoms with Crippen LogP contribution < -0.4 is 0 Å². The van der Waals surface area contributed by atoms with Gasteiger partial charge in [-0.1, -0.05) is 27.7 Å². The molecule has 0 heterocycles. The third-order valence-electron chi connectivity index (χ3n) is 3.57. The van der Waals surface area contributed by atoms with Crippen molar-refractivity contribution in [3.63, 3.8) is 0 Å². The molecule has 0 rings (SSSR count). The van der Waals surface area contributed by atoms with Crippen molar-refractivity contribution in [2.24, 2.45) is 0 Å². The molecule has 0 N–H and O–H groups in total. The van der Waals surface area contributed by atoms with Gasteiger partial charge in [-0.15, -0.1) is 0 Å². The van der Waals surface area contributed by atoms with Crippen LogP contribution in [-0.4, -0.2) is 62.5 Å². The second kappa shape index (κ2) is 6.63. The SMILES string of the molecule is CCN(CC)[Si](C)(N(C)C)N(CC)CC. The van der Waals surface area contributed by atoms with Crippen molar-refractivity contribution in [3.8, 4) is 0 Å². The highest BCUT2D eigenvalue weighted by Crippen LogP contribution is 2.17. The molecule has 0 radical (unpaired) electrons. The van der Waals surface area contributed by atoms with Crippen molar-refractivity contribution in [2.45, 2.75) is 34.2 Å². The fraction of sp³-hybridized carbons (Fsp3) is 1.00. The lowest BCUT2D eigenvalue weighted by Gasteiger charge is -2.49. The van der Waals surface area contributed by atoms with Gasteiger partial charge in [0.25, 0.3) is 8.56 Å². The second-order valence-corrected chi connectivity index (χ2v) is 8.31. The number of nitrogens with zero attached hydrogens (tertiary/aromatic N) is 3. The lowest BCUT2D eigenvalue weighted by Crippen LogP contribution is -2.71. The molecule has 4 heteroatoms. The highest BCUT2D eigenvalue weighted by atomic mass is 28.4. The van der Waals surface area contributed by atoms with Crippen LogP contribution in [0.25, 0.3) is 0 Å². The maximum absolute atomic E-state index is 2.64. The Morgan fingerprint density at radius 1 is 0.733 bits per heavy atom. The smallest absolute Gasteiger partial charge is 0.285 e. The van der Waals surface area contributed by atoms with Gasteiger partial charge in [-0.25, -0.2) is 0 Å². The first-order chi connectivity index (χ1) is 6.98. The van der Waals surface area contributed by atoms with Crippen LogP contribution in [-0.2, 0) is 0 Å². The van der Waals surface area contributed by atoms with E-state index in [1.54, 1.807) is 0 Å². The molecule has 0 aliphatic carbocycles. The van der Waals surface area contributed by atoms with Gasteiger partial charge in [-0.05, 0) is 46.8 Å². The van der Waals surface area contributed by atoms with Crippen LogP contribution in [0.5, 0.6) is 0 Å². The quantitative estimate of drug-likeness (QED) is 0.619. The molecule has 0 aliphatic rings. The van der Waals surface area contributed by atoms with Crippen molar-refractivity contribution in [1.29, 1.82) is 0 Å². The van der Waals surface area contributed by atoms with Gasteiger partial charge >= 0.3 is 0 Å². The standard InChI is InChI=1S/C11H29N3Si/c1-8-13(9-2)15(7,12(5)6)14(10-3)11-4/h8-11H2,1-7H3. The minimum Gasteiger partial charge on any atom is -0.305 e. The van der Waals surface area contributed by atoms with Crippen LogP contribution in [0.4, 0.5) is 0 Å². The zero-order chi connectivity index (χ0) is 12.1. The molecular formula is C11H29N3Si. The Labute approximate surface area is 97.3 Å². The molecule has 0 saturated heterocycles. The van der Waals surface area contributed by atoms with Crippen LogP contribution in [0.3, 0.4) is 0 Å². The molecule has 0 saturated carbocycles. The van der Waals surface area contributed by atoms with Crippen LogP contribution in [0.15, 0.2) is 0 Å². The summed E-state index contributed by atoms with van der Waals surface area (Å²) >= 11 is 0. The van der Waals surface area contributed by atoms with Crippen molar-refractivity contribution < 1.29 is 0 Å². The lowest BCUT2D eigenvalue weighted by atomic mass is 10.7. The zero-order valence-corrected chi connectivity index (χ0v) is 12.7. The summed E-state index contributed by atoms with van der Waals surface area (Å²) in [5.41, 5.74) is 0. The summed E-state index contributed by atoms with van der Waals surface area (Å²) in [6.45, 7) is 16.1. The lowest BCUT2D eigenvalue weighted by molar-refractivity contribution is 0.297. The highest BCUT2D eigenvalue weighted by molar-refractivity contribution is 6.70. The Kier molecular flexibility index (Phi) is 6.67. The molecular weight excluding hydrogens is 202 g/mol. The van der Waals surface area contributed by atoms with E-state index in [9.17, 15) is 0 Å². The van der Waals surface area contributed by atoms with Crippen molar-refractivity contribution in [1.82, 2.24) is 13.7 Å². The molecule has 0 aromatic rings. The van der Waals surface area contributed by atoms with Crippen LogP contribution in [0.2, 0.25) is 6.55 Å². The normalized spacial score (nSPS) is 13.2. The van der Waals surface area contributed by atoms with E-state index in [0.717, 1.165) is 26.2 Å². The monoisotopic (exact) mass is 231 g/mol. The molecule has 0 aromatic carbocycles. The Hall–Kier alpha value is 0.0969. The van der Waals surface area contributed by atoms with E-state index in [0.29, 0.717) is 0 Å². The first-order valence-electron chi connectivity index (χ1n) is 6.16. The van der Waals surface area contributed by atoms with Gasteiger partial charge in [0.2, 0.25) is 0 Å². The maximum atomic E-state index is 2.64. The average molecular weight is 231 g/mol. The molecule has 92 valence electrons. The minimum absolute atomic E-state index is 1.15. The molecule has 0 aromatic heterocycles. The largest absolute Gasteiger partial charge is 0.305 e. The van der Waals surface area contributed by atoms with Crippen LogP contribution in [0, 0.1) is 0 Å². The van der Waals surface area contributed by atoms with Gasteiger partial charge in [0.1, 0.15) is 0 Å².